The van der Waals surface area contributed by atoms with E-state index in [1.54, 1.807) is 13.1 Å². The van der Waals surface area contributed by atoms with Crippen molar-refractivity contribution in [2.75, 3.05) is 37.8 Å². The van der Waals surface area contributed by atoms with Crippen molar-refractivity contribution in [2.24, 2.45) is 0 Å². The molecule has 0 amide bonds. The first-order chi connectivity index (χ1) is 19.2. The van der Waals surface area contributed by atoms with Crippen LogP contribution in [0.15, 0.2) is 17.8 Å². The van der Waals surface area contributed by atoms with Crippen molar-refractivity contribution in [3.05, 3.63) is 56.4 Å². The molecule has 0 spiro atoms. The van der Waals surface area contributed by atoms with E-state index in [-0.39, 0.29) is 33.6 Å². The largest absolute Gasteiger partial charge is 0.389 e. The fourth-order valence-corrected chi connectivity index (χ4v) is 6.83. The summed E-state index contributed by atoms with van der Waals surface area (Å²) in [6.07, 6.45) is 5.63. The summed E-state index contributed by atoms with van der Waals surface area (Å²) in [7, 11) is 4.07. The van der Waals surface area contributed by atoms with Crippen molar-refractivity contribution < 1.29 is 13.5 Å². The lowest BCUT2D eigenvalue weighted by Crippen LogP contribution is -2.38. The third-order valence-corrected chi connectivity index (χ3v) is 8.90. The zero-order valence-corrected chi connectivity index (χ0v) is 24.4. The van der Waals surface area contributed by atoms with Crippen LogP contribution in [0.4, 0.5) is 19.7 Å². The number of anilines is 2. The molecule has 2 aliphatic rings. The Kier molecular flexibility index (Phi) is 7.91. The number of fused-ring (bicyclic) bond motifs is 3. The lowest BCUT2D eigenvalue weighted by molar-refractivity contribution is 0.134. The van der Waals surface area contributed by atoms with Gasteiger partial charge in [-0.1, -0.05) is 18.6 Å². The van der Waals surface area contributed by atoms with Gasteiger partial charge in [0.15, 0.2) is 5.82 Å². The van der Waals surface area contributed by atoms with Crippen LogP contribution in [0.25, 0.3) is 22.3 Å². The van der Waals surface area contributed by atoms with Crippen LogP contribution >= 0.6 is 11.3 Å². The van der Waals surface area contributed by atoms with Crippen molar-refractivity contribution >= 4 is 44.6 Å². The summed E-state index contributed by atoms with van der Waals surface area (Å²) in [6.45, 7) is 7.56. The molecular formula is C30H34F2N6OS. The Labute approximate surface area is 237 Å². The summed E-state index contributed by atoms with van der Waals surface area (Å²) in [5.74, 6) is -0.528. The molecule has 40 heavy (non-hydrogen) atoms. The van der Waals surface area contributed by atoms with Gasteiger partial charge >= 0.3 is 0 Å². The number of hydrogen-bond donors (Lipinski definition) is 1. The highest BCUT2D eigenvalue weighted by atomic mass is 32.1. The van der Waals surface area contributed by atoms with Crippen molar-refractivity contribution in [3.8, 4) is 6.07 Å². The van der Waals surface area contributed by atoms with Gasteiger partial charge in [-0.05, 0) is 63.9 Å². The molecule has 1 fully saturated rings. The van der Waals surface area contributed by atoms with Gasteiger partial charge in [-0.2, -0.15) is 5.26 Å². The van der Waals surface area contributed by atoms with Crippen molar-refractivity contribution in [1.29, 1.82) is 5.26 Å². The van der Waals surface area contributed by atoms with Crippen LogP contribution in [0.1, 0.15) is 72.7 Å². The number of aromatic nitrogens is 2. The molecular weight excluding hydrogens is 530 g/mol. The molecule has 10 heteroatoms. The second-order valence-corrected chi connectivity index (χ2v) is 11.7. The molecule has 1 saturated heterocycles. The van der Waals surface area contributed by atoms with Gasteiger partial charge in [0.1, 0.15) is 22.4 Å². The lowest BCUT2D eigenvalue weighted by Gasteiger charge is -2.27. The normalized spacial score (nSPS) is 18.0. The topological polar surface area (TPSA) is 91.3 Å². The second kappa shape index (κ2) is 11.2. The van der Waals surface area contributed by atoms with Crippen LogP contribution in [0.5, 0.6) is 0 Å². The molecule has 1 aromatic carbocycles. The number of allylic oxidation sites excluding steroid dienone is 2. The average molecular weight is 565 g/mol. The van der Waals surface area contributed by atoms with Crippen LogP contribution in [0.2, 0.25) is 0 Å². The van der Waals surface area contributed by atoms with Gasteiger partial charge in [0.2, 0.25) is 5.95 Å². The third kappa shape index (κ3) is 4.66. The Morgan fingerprint density at radius 3 is 2.75 bits per heavy atom. The van der Waals surface area contributed by atoms with E-state index in [1.807, 2.05) is 27.9 Å². The average Bonchev–Trinajstić information content (AvgIpc) is 3.68. The van der Waals surface area contributed by atoms with Gasteiger partial charge < -0.3 is 20.3 Å². The number of thiophene rings is 1. The second-order valence-electron chi connectivity index (χ2n) is 10.6. The molecule has 3 aromatic rings. The van der Waals surface area contributed by atoms with E-state index in [4.69, 9.17) is 15.5 Å². The Hall–Kier alpha value is -3.39. The van der Waals surface area contributed by atoms with E-state index >= 15 is 8.78 Å². The molecule has 0 radical (unpaired) electrons. The predicted molar refractivity (Wildman–Crippen MR) is 157 cm³/mol. The molecule has 5 rings (SSSR count). The summed E-state index contributed by atoms with van der Waals surface area (Å²) < 4.78 is 38.0. The number of nitriles is 1. The molecule has 2 N–H and O–H groups in total. The van der Waals surface area contributed by atoms with Crippen LogP contribution in [0.3, 0.4) is 0 Å². The monoisotopic (exact) mass is 564 g/mol. The molecule has 210 valence electrons. The predicted octanol–water partition coefficient (Wildman–Crippen LogP) is 6.41. The van der Waals surface area contributed by atoms with Crippen molar-refractivity contribution in [2.45, 2.75) is 59.3 Å². The quantitative estimate of drug-likeness (QED) is 0.355. The molecule has 2 aromatic heterocycles. The van der Waals surface area contributed by atoms with Crippen molar-refractivity contribution in [3.63, 3.8) is 0 Å². The van der Waals surface area contributed by atoms with Crippen LogP contribution in [-0.4, -0.2) is 48.1 Å². The number of hydrogen-bond acceptors (Lipinski definition) is 8. The minimum atomic E-state index is -0.519. The van der Waals surface area contributed by atoms with Gasteiger partial charge in [0.25, 0.3) is 0 Å². The standard InChI is InChI=1S/C30H34F2N6OS/c1-6-16(3)23(25-18(11-33)29(34)40-28(25)22(31)7-2)24-21-15-39-14-20(21)19-12-35-30(36-27(19)26(24)32)38-10-8-9-17(38)13-37(4)5/h7,12,17H,6,8-10,13-15,34H2,1-5H3/b22-7+,23-16+. The van der Waals surface area contributed by atoms with Crippen LogP contribution in [-0.2, 0) is 18.0 Å². The number of ether oxygens (including phenoxy) is 1. The summed E-state index contributed by atoms with van der Waals surface area (Å²) in [6, 6.07) is 2.39. The molecule has 7 nitrogen and oxygen atoms in total. The van der Waals surface area contributed by atoms with Crippen LogP contribution < -0.4 is 10.6 Å². The minimum absolute atomic E-state index is 0.152. The number of rotatable bonds is 7. The van der Waals surface area contributed by atoms with Gasteiger partial charge in [0.05, 0.1) is 23.7 Å². The van der Waals surface area contributed by atoms with Gasteiger partial charge in [0, 0.05) is 41.8 Å². The zero-order valence-electron chi connectivity index (χ0n) is 23.6. The summed E-state index contributed by atoms with van der Waals surface area (Å²) in [4.78, 5) is 14.0. The molecule has 4 heterocycles. The van der Waals surface area contributed by atoms with Gasteiger partial charge in [-0.3, -0.25) is 0 Å². The first-order valence-electron chi connectivity index (χ1n) is 13.6. The number of likely N-dealkylation sites (N-methyl/N-ethyl adjacent to an activating group) is 1. The first-order valence-corrected chi connectivity index (χ1v) is 14.4. The van der Waals surface area contributed by atoms with Gasteiger partial charge in [-0.25, -0.2) is 18.7 Å². The van der Waals surface area contributed by atoms with Gasteiger partial charge in [-0.15, -0.1) is 11.3 Å². The molecule has 0 aliphatic carbocycles. The Morgan fingerprint density at radius 2 is 2.08 bits per heavy atom. The maximum absolute atomic E-state index is 17.0. The van der Waals surface area contributed by atoms with E-state index in [2.05, 4.69) is 20.9 Å². The van der Waals surface area contributed by atoms with E-state index in [0.717, 1.165) is 48.4 Å². The molecule has 2 aliphatic heterocycles. The summed E-state index contributed by atoms with van der Waals surface area (Å²) in [5.41, 5.74) is 9.98. The maximum Gasteiger partial charge on any atom is 0.226 e. The highest BCUT2D eigenvalue weighted by Crippen LogP contribution is 2.47. The molecule has 1 atom stereocenters. The Bertz CT molecular complexity index is 1590. The Balaban J connectivity index is 1.80. The SMILES string of the molecule is C/C=C(/F)c1sc(N)c(C#N)c1/C(=C(\C)CC)c1c2c(c3cnc(N4CCCC4CN(C)C)nc3c1F)COC2. The highest BCUT2D eigenvalue weighted by Gasteiger charge is 2.33. The lowest BCUT2D eigenvalue weighted by atomic mass is 9.85. The summed E-state index contributed by atoms with van der Waals surface area (Å²) in [5, 5.41) is 10.9. The number of benzene rings is 1. The fourth-order valence-electron chi connectivity index (χ4n) is 5.84. The molecule has 0 bridgehead atoms. The van der Waals surface area contributed by atoms with Crippen LogP contribution in [0, 0.1) is 17.1 Å². The smallest absolute Gasteiger partial charge is 0.226 e. The van der Waals surface area contributed by atoms with E-state index in [9.17, 15) is 5.26 Å². The number of nitrogen functional groups attached to an aromatic ring is 1. The maximum atomic E-state index is 17.0. The fraction of sp³-hybridized carbons (Fsp3) is 0.433. The van der Waals surface area contributed by atoms with E-state index in [0.29, 0.717) is 46.6 Å². The zero-order chi connectivity index (χ0) is 28.7. The number of halogens is 2. The van der Waals surface area contributed by atoms with Crippen molar-refractivity contribution in [1.82, 2.24) is 14.9 Å². The number of nitrogens with two attached hydrogens (primary N) is 1. The Morgan fingerprint density at radius 1 is 1.32 bits per heavy atom. The molecule has 1 unspecified atom stereocenters. The highest BCUT2D eigenvalue weighted by molar-refractivity contribution is 7.17. The first kappa shape index (κ1) is 28.1. The minimum Gasteiger partial charge on any atom is -0.389 e. The summed E-state index contributed by atoms with van der Waals surface area (Å²) >= 11 is 1.00. The van der Waals surface area contributed by atoms with E-state index in [1.165, 1.54) is 6.08 Å². The number of nitrogens with zero attached hydrogens (tertiary/aromatic N) is 5. The molecule has 0 saturated carbocycles. The third-order valence-electron chi connectivity index (χ3n) is 7.87. The van der Waals surface area contributed by atoms with E-state index < -0.39 is 11.6 Å².